The van der Waals surface area contributed by atoms with Gasteiger partial charge < -0.3 is 5.32 Å². The van der Waals surface area contributed by atoms with Gasteiger partial charge >= 0.3 is 0 Å². The largest absolute Gasteiger partial charge is 0.312 e. The molecular weight excluding hydrogens is 282 g/mol. The van der Waals surface area contributed by atoms with Crippen LogP contribution in [0.3, 0.4) is 0 Å². The zero-order chi connectivity index (χ0) is 14.5. The normalized spacial score (nSPS) is 10.7. The van der Waals surface area contributed by atoms with Crippen molar-refractivity contribution >= 4 is 17.3 Å². The smallest absolute Gasteiger partial charge is 0.275 e. The molecule has 20 heavy (non-hydrogen) atoms. The van der Waals surface area contributed by atoms with Gasteiger partial charge in [-0.25, -0.2) is 4.98 Å². The van der Waals surface area contributed by atoms with Gasteiger partial charge in [0.05, 0.1) is 4.92 Å². The summed E-state index contributed by atoms with van der Waals surface area (Å²) in [4.78, 5) is 14.6. The minimum atomic E-state index is -0.427. The Bertz CT molecular complexity index is 614. The Balaban J connectivity index is 1.89. The lowest BCUT2D eigenvalue weighted by molar-refractivity contribution is -0.385. The number of hydrogen-bond donors (Lipinski definition) is 1. The first-order valence-corrected chi connectivity index (χ1v) is 6.42. The number of nitrogens with one attached hydrogen (secondary N) is 1. The maximum absolute atomic E-state index is 10.9. The lowest BCUT2D eigenvalue weighted by Crippen LogP contribution is -2.18. The van der Waals surface area contributed by atoms with Gasteiger partial charge in [0.15, 0.2) is 5.82 Å². The van der Waals surface area contributed by atoms with E-state index in [0.717, 1.165) is 5.82 Å². The van der Waals surface area contributed by atoms with E-state index in [1.54, 1.807) is 30.2 Å². The molecule has 0 saturated heterocycles. The van der Waals surface area contributed by atoms with Gasteiger partial charge in [-0.15, -0.1) is 0 Å². The second-order valence-electron chi connectivity index (χ2n) is 4.29. The maximum Gasteiger partial charge on any atom is 0.275 e. The van der Waals surface area contributed by atoms with Crippen molar-refractivity contribution < 1.29 is 4.92 Å². The molecule has 0 spiro atoms. The molecule has 106 valence electrons. The van der Waals surface area contributed by atoms with E-state index in [1.807, 2.05) is 0 Å². The van der Waals surface area contributed by atoms with Gasteiger partial charge in [0.1, 0.15) is 6.33 Å². The molecule has 0 saturated carbocycles. The van der Waals surface area contributed by atoms with E-state index in [-0.39, 0.29) is 5.69 Å². The summed E-state index contributed by atoms with van der Waals surface area (Å²) in [5.74, 6) is 0.741. The predicted octanol–water partition coefficient (Wildman–Crippen LogP) is 1.71. The number of nitro groups is 1. The fourth-order valence-corrected chi connectivity index (χ4v) is 1.94. The summed E-state index contributed by atoms with van der Waals surface area (Å²) < 4.78 is 1.64. The first-order valence-electron chi connectivity index (χ1n) is 6.04. The number of aromatic nitrogens is 3. The molecule has 1 heterocycles. The Hall–Kier alpha value is -1.99. The van der Waals surface area contributed by atoms with E-state index in [0.29, 0.717) is 30.1 Å². The fourth-order valence-electron chi connectivity index (χ4n) is 1.78. The van der Waals surface area contributed by atoms with Crippen molar-refractivity contribution in [1.29, 1.82) is 0 Å². The van der Waals surface area contributed by atoms with E-state index in [4.69, 9.17) is 11.6 Å². The Morgan fingerprint density at radius 2 is 2.30 bits per heavy atom. The number of aryl methyl sites for hydroxylation is 1. The zero-order valence-corrected chi connectivity index (χ0v) is 11.7. The fraction of sp³-hybridized carbons (Fsp3) is 0.333. The van der Waals surface area contributed by atoms with Crippen LogP contribution in [-0.2, 0) is 20.0 Å². The summed E-state index contributed by atoms with van der Waals surface area (Å²) in [6, 6.07) is 4.66. The van der Waals surface area contributed by atoms with Crippen LogP contribution in [-0.4, -0.2) is 26.2 Å². The van der Waals surface area contributed by atoms with Gasteiger partial charge in [-0.1, -0.05) is 11.6 Å². The quantitative estimate of drug-likeness (QED) is 0.498. The summed E-state index contributed by atoms with van der Waals surface area (Å²) in [5, 5.41) is 18.6. The minimum absolute atomic E-state index is 0.0287. The summed E-state index contributed by atoms with van der Waals surface area (Å²) in [7, 11) is 1.81. The van der Waals surface area contributed by atoms with Crippen molar-refractivity contribution in [3.05, 3.63) is 51.1 Å². The molecule has 1 N–H and O–H groups in total. The molecule has 1 aromatic heterocycles. The number of rotatable bonds is 6. The first kappa shape index (κ1) is 14.4. The number of halogens is 1. The number of nitro benzene ring substituents is 1. The number of benzene rings is 1. The van der Waals surface area contributed by atoms with Crippen LogP contribution in [0.15, 0.2) is 24.5 Å². The van der Waals surface area contributed by atoms with Crippen LogP contribution in [0.1, 0.15) is 11.4 Å². The van der Waals surface area contributed by atoms with Crippen LogP contribution < -0.4 is 5.32 Å². The van der Waals surface area contributed by atoms with Crippen molar-refractivity contribution in [3.63, 3.8) is 0 Å². The Morgan fingerprint density at radius 1 is 1.50 bits per heavy atom. The number of nitrogens with zero attached hydrogens (tertiary/aromatic N) is 4. The molecule has 0 radical (unpaired) electrons. The summed E-state index contributed by atoms with van der Waals surface area (Å²) in [6.45, 7) is 1.05. The van der Waals surface area contributed by atoms with Crippen LogP contribution >= 0.6 is 11.6 Å². The molecule has 0 aliphatic heterocycles. The third-order valence-electron chi connectivity index (χ3n) is 2.73. The van der Waals surface area contributed by atoms with E-state index >= 15 is 0 Å². The van der Waals surface area contributed by atoms with Crippen molar-refractivity contribution in [2.75, 3.05) is 6.54 Å². The molecule has 0 amide bonds. The monoisotopic (exact) mass is 295 g/mol. The minimum Gasteiger partial charge on any atom is -0.312 e. The molecule has 0 atom stereocenters. The van der Waals surface area contributed by atoms with Gasteiger partial charge in [0.2, 0.25) is 0 Å². The lowest BCUT2D eigenvalue weighted by atomic mass is 10.2. The molecule has 0 aliphatic rings. The van der Waals surface area contributed by atoms with Gasteiger partial charge in [-0.2, -0.15) is 5.10 Å². The molecular formula is C12H14ClN5O2. The standard InChI is InChI=1S/C12H14ClN5O2/c1-17-8-15-12(16-17)4-5-14-7-9-2-3-10(13)6-11(9)18(19)20/h2-3,6,8,14H,4-5,7H2,1H3. The van der Waals surface area contributed by atoms with Gasteiger partial charge in [0, 0.05) is 43.2 Å². The van der Waals surface area contributed by atoms with Crippen molar-refractivity contribution in [2.45, 2.75) is 13.0 Å². The van der Waals surface area contributed by atoms with E-state index in [2.05, 4.69) is 15.4 Å². The van der Waals surface area contributed by atoms with E-state index < -0.39 is 4.92 Å². The highest BCUT2D eigenvalue weighted by molar-refractivity contribution is 6.30. The molecule has 7 nitrogen and oxygen atoms in total. The molecule has 1 aromatic carbocycles. The van der Waals surface area contributed by atoms with Crippen molar-refractivity contribution in [3.8, 4) is 0 Å². The average Bonchev–Trinajstić information content (AvgIpc) is 2.81. The SMILES string of the molecule is Cn1cnc(CCNCc2ccc(Cl)cc2[N+](=O)[O-])n1. The highest BCUT2D eigenvalue weighted by Crippen LogP contribution is 2.22. The second kappa shape index (κ2) is 6.44. The molecule has 0 bridgehead atoms. The van der Waals surface area contributed by atoms with Crippen molar-refractivity contribution in [2.24, 2.45) is 7.05 Å². The zero-order valence-electron chi connectivity index (χ0n) is 10.9. The van der Waals surface area contributed by atoms with Crippen molar-refractivity contribution in [1.82, 2.24) is 20.1 Å². The summed E-state index contributed by atoms with van der Waals surface area (Å²) in [6.07, 6.45) is 2.31. The second-order valence-corrected chi connectivity index (χ2v) is 4.73. The third kappa shape index (κ3) is 3.75. The molecule has 0 fully saturated rings. The lowest BCUT2D eigenvalue weighted by Gasteiger charge is -2.05. The molecule has 8 heteroatoms. The maximum atomic E-state index is 10.9. The Labute approximate surface area is 120 Å². The third-order valence-corrected chi connectivity index (χ3v) is 2.97. The number of hydrogen-bond acceptors (Lipinski definition) is 5. The van der Waals surface area contributed by atoms with E-state index in [9.17, 15) is 10.1 Å². The van der Waals surface area contributed by atoms with Crippen LogP contribution in [0.5, 0.6) is 0 Å². The molecule has 0 aliphatic carbocycles. The Morgan fingerprint density at radius 3 is 2.95 bits per heavy atom. The highest BCUT2D eigenvalue weighted by Gasteiger charge is 2.13. The molecule has 2 rings (SSSR count). The topological polar surface area (TPSA) is 85.9 Å². The van der Waals surface area contributed by atoms with Crippen LogP contribution in [0, 0.1) is 10.1 Å². The Kier molecular flexibility index (Phi) is 4.65. The molecule has 0 unspecified atom stereocenters. The van der Waals surface area contributed by atoms with E-state index in [1.165, 1.54) is 6.07 Å². The first-order chi connectivity index (χ1) is 9.56. The van der Waals surface area contributed by atoms with Gasteiger partial charge in [-0.3, -0.25) is 14.8 Å². The predicted molar refractivity (Wildman–Crippen MR) is 74.5 cm³/mol. The summed E-state index contributed by atoms with van der Waals surface area (Å²) in [5.41, 5.74) is 0.634. The average molecular weight is 296 g/mol. The van der Waals surface area contributed by atoms with Gasteiger partial charge in [-0.05, 0) is 12.1 Å². The van der Waals surface area contributed by atoms with Crippen LogP contribution in [0.4, 0.5) is 5.69 Å². The van der Waals surface area contributed by atoms with Crippen LogP contribution in [0.2, 0.25) is 5.02 Å². The summed E-state index contributed by atoms with van der Waals surface area (Å²) >= 11 is 5.76. The van der Waals surface area contributed by atoms with Gasteiger partial charge in [0.25, 0.3) is 5.69 Å². The highest BCUT2D eigenvalue weighted by atomic mass is 35.5. The van der Waals surface area contributed by atoms with Crippen LogP contribution in [0.25, 0.3) is 0 Å². The molecule has 2 aromatic rings.